The summed E-state index contributed by atoms with van der Waals surface area (Å²) in [5.74, 6) is -0.683. The molecule has 0 unspecified atom stereocenters. The van der Waals surface area contributed by atoms with E-state index in [0.29, 0.717) is 11.4 Å². The highest BCUT2D eigenvalue weighted by atomic mass is 32.2. The zero-order chi connectivity index (χ0) is 16.8. The molecule has 0 saturated carbocycles. The van der Waals surface area contributed by atoms with Gasteiger partial charge in [0, 0.05) is 16.3 Å². The number of hydrogen-bond acceptors (Lipinski definition) is 4. The van der Waals surface area contributed by atoms with E-state index >= 15 is 0 Å². The van der Waals surface area contributed by atoms with Crippen molar-refractivity contribution in [1.82, 2.24) is 0 Å². The molecule has 0 bridgehead atoms. The van der Waals surface area contributed by atoms with Gasteiger partial charge in [-0.25, -0.2) is 0 Å². The van der Waals surface area contributed by atoms with E-state index in [9.17, 15) is 9.59 Å². The summed E-state index contributed by atoms with van der Waals surface area (Å²) in [5, 5.41) is 2.52. The molecular weight excluding hydrogens is 308 g/mol. The van der Waals surface area contributed by atoms with Crippen LogP contribution in [0, 0.1) is 6.92 Å². The molecule has 0 aliphatic rings. The van der Waals surface area contributed by atoms with E-state index < -0.39 is 5.91 Å². The summed E-state index contributed by atoms with van der Waals surface area (Å²) in [4.78, 5) is 22.9. The monoisotopic (exact) mass is 326 g/mol. The molecule has 1 amide bonds. The van der Waals surface area contributed by atoms with E-state index in [0.717, 1.165) is 16.7 Å². The van der Waals surface area contributed by atoms with Gasteiger partial charge in [0.1, 0.15) is 0 Å². The lowest BCUT2D eigenvalue weighted by molar-refractivity contribution is -0.127. The first-order valence-electron chi connectivity index (χ1n) is 7.02. The first-order valence-corrected chi connectivity index (χ1v) is 8.25. The second kappa shape index (κ2) is 7.65. The lowest BCUT2D eigenvalue weighted by atomic mass is 10.0. The summed E-state index contributed by atoms with van der Waals surface area (Å²) in [6.07, 6.45) is 6.17. The highest BCUT2D eigenvalue weighted by Crippen LogP contribution is 2.26. The van der Waals surface area contributed by atoms with Gasteiger partial charge in [-0.15, -0.1) is 11.8 Å². The number of carbonyl (C=O) groups is 2. The van der Waals surface area contributed by atoms with Crippen molar-refractivity contribution in [3.8, 4) is 0 Å². The molecule has 0 radical (unpaired) electrons. The Hall–Kier alpha value is -2.53. The number of nitrogens with one attached hydrogen (secondary N) is 1. The summed E-state index contributed by atoms with van der Waals surface area (Å²) in [6.45, 7) is 1.86. The normalized spacial score (nSPS) is 10.7. The van der Waals surface area contributed by atoms with Crippen LogP contribution in [0.2, 0.25) is 0 Å². The smallest absolute Gasteiger partial charge is 0.288 e. The Bertz CT molecular complexity index is 770. The zero-order valence-corrected chi connectivity index (χ0v) is 13.8. The van der Waals surface area contributed by atoms with Crippen molar-refractivity contribution in [3.05, 3.63) is 53.1 Å². The molecule has 2 aromatic rings. The fraction of sp³-hybridized carbons (Fsp3) is 0.111. The molecule has 0 fully saturated rings. The molecule has 0 spiro atoms. The van der Waals surface area contributed by atoms with Gasteiger partial charge in [-0.05, 0) is 48.1 Å². The van der Waals surface area contributed by atoms with Gasteiger partial charge in [-0.2, -0.15) is 0 Å². The highest BCUT2D eigenvalue weighted by Gasteiger charge is 2.06. The van der Waals surface area contributed by atoms with Gasteiger partial charge in [-0.3, -0.25) is 9.59 Å². The minimum atomic E-state index is -0.683. The zero-order valence-electron chi connectivity index (χ0n) is 13.0. The molecule has 5 heteroatoms. The van der Waals surface area contributed by atoms with Gasteiger partial charge < -0.3 is 11.1 Å². The summed E-state index contributed by atoms with van der Waals surface area (Å²) in [7, 11) is 0. The topological polar surface area (TPSA) is 72.2 Å². The summed E-state index contributed by atoms with van der Waals surface area (Å²) >= 11 is 1.67. The lowest BCUT2D eigenvalue weighted by Crippen LogP contribution is -2.12. The number of nitrogens with two attached hydrogens (primary N) is 1. The molecule has 0 saturated heterocycles. The van der Waals surface area contributed by atoms with E-state index in [-0.39, 0.29) is 6.29 Å². The molecule has 0 atom stereocenters. The summed E-state index contributed by atoms with van der Waals surface area (Å²) in [5.41, 5.74) is 10.0. The fourth-order valence-electron chi connectivity index (χ4n) is 2.19. The third kappa shape index (κ3) is 4.23. The van der Waals surface area contributed by atoms with Crippen molar-refractivity contribution in [3.63, 3.8) is 0 Å². The van der Waals surface area contributed by atoms with Crippen molar-refractivity contribution < 1.29 is 9.59 Å². The molecule has 23 heavy (non-hydrogen) atoms. The van der Waals surface area contributed by atoms with E-state index in [1.807, 2.05) is 43.5 Å². The Kier molecular flexibility index (Phi) is 5.60. The molecule has 0 aliphatic carbocycles. The molecule has 3 N–H and O–H groups in total. The number of carbonyl (C=O) groups excluding carboxylic acids is 2. The van der Waals surface area contributed by atoms with E-state index in [1.165, 1.54) is 4.90 Å². The van der Waals surface area contributed by atoms with E-state index in [1.54, 1.807) is 23.9 Å². The largest absolute Gasteiger partial charge is 0.398 e. The van der Waals surface area contributed by atoms with Gasteiger partial charge in [0.25, 0.3) is 5.91 Å². The van der Waals surface area contributed by atoms with Gasteiger partial charge in [0.05, 0.1) is 0 Å². The van der Waals surface area contributed by atoms with Gasteiger partial charge in [0.2, 0.25) is 6.29 Å². The lowest BCUT2D eigenvalue weighted by Gasteiger charge is -2.10. The number of aldehydes is 1. The number of rotatable bonds is 5. The predicted octanol–water partition coefficient (Wildman–Crippen LogP) is 3.61. The Labute approximate surface area is 139 Å². The molecular formula is C18H18N2O2S. The number of anilines is 2. The van der Waals surface area contributed by atoms with Crippen LogP contribution in [0.25, 0.3) is 12.2 Å². The SMILES string of the molecule is CSc1ccccc1/C=C/c1cc(NC(=O)C=O)cc(C)c1N. The molecule has 0 aliphatic heterocycles. The minimum Gasteiger partial charge on any atom is -0.398 e. The number of thioether (sulfide) groups is 1. The van der Waals surface area contributed by atoms with Crippen LogP contribution in [0.5, 0.6) is 0 Å². The standard InChI is InChI=1S/C18H18N2O2S/c1-12-9-15(20-17(22)11-21)10-14(18(12)19)8-7-13-5-3-4-6-16(13)23-2/h3-11H,19H2,1-2H3,(H,20,22)/b8-7+. The fourth-order valence-corrected chi connectivity index (χ4v) is 2.78. The van der Waals surface area contributed by atoms with Crippen molar-refractivity contribution in [1.29, 1.82) is 0 Å². The number of hydrogen-bond donors (Lipinski definition) is 2. The average Bonchev–Trinajstić information content (AvgIpc) is 2.56. The number of amides is 1. The Morgan fingerprint density at radius 1 is 1.17 bits per heavy atom. The van der Waals surface area contributed by atoms with Crippen molar-refractivity contribution in [2.75, 3.05) is 17.3 Å². The average molecular weight is 326 g/mol. The van der Waals surface area contributed by atoms with Gasteiger partial charge >= 0.3 is 0 Å². The van der Waals surface area contributed by atoms with Crippen LogP contribution < -0.4 is 11.1 Å². The van der Waals surface area contributed by atoms with Crippen LogP contribution in [-0.4, -0.2) is 18.4 Å². The maximum absolute atomic E-state index is 11.2. The van der Waals surface area contributed by atoms with Crippen molar-refractivity contribution in [2.24, 2.45) is 0 Å². The van der Waals surface area contributed by atoms with Crippen LogP contribution in [0.1, 0.15) is 16.7 Å². The number of aryl methyl sites for hydroxylation is 1. The Balaban J connectivity index is 2.36. The predicted molar refractivity (Wildman–Crippen MR) is 97.4 cm³/mol. The molecule has 2 aromatic carbocycles. The molecule has 0 aromatic heterocycles. The van der Waals surface area contributed by atoms with E-state index in [4.69, 9.17) is 5.73 Å². The third-order valence-corrected chi connectivity index (χ3v) is 4.19. The second-order valence-corrected chi connectivity index (χ2v) is 5.83. The van der Waals surface area contributed by atoms with Crippen molar-refractivity contribution in [2.45, 2.75) is 11.8 Å². The van der Waals surface area contributed by atoms with Crippen LogP contribution in [0.4, 0.5) is 11.4 Å². The molecule has 118 valence electrons. The van der Waals surface area contributed by atoms with Gasteiger partial charge in [0.15, 0.2) is 0 Å². The van der Waals surface area contributed by atoms with Crippen LogP contribution in [-0.2, 0) is 9.59 Å². The number of nitrogen functional groups attached to an aromatic ring is 1. The summed E-state index contributed by atoms with van der Waals surface area (Å²) in [6, 6.07) is 11.6. The van der Waals surface area contributed by atoms with Crippen LogP contribution in [0.3, 0.4) is 0 Å². The first-order chi connectivity index (χ1) is 11.0. The van der Waals surface area contributed by atoms with Crippen LogP contribution in [0.15, 0.2) is 41.3 Å². The maximum Gasteiger partial charge on any atom is 0.288 e. The van der Waals surface area contributed by atoms with E-state index in [2.05, 4.69) is 11.4 Å². The quantitative estimate of drug-likeness (QED) is 0.289. The highest BCUT2D eigenvalue weighted by molar-refractivity contribution is 7.98. The molecule has 2 rings (SSSR count). The Morgan fingerprint density at radius 2 is 1.87 bits per heavy atom. The molecule has 0 heterocycles. The minimum absolute atomic E-state index is 0.246. The summed E-state index contributed by atoms with van der Waals surface area (Å²) < 4.78 is 0. The maximum atomic E-state index is 11.2. The Morgan fingerprint density at radius 3 is 2.57 bits per heavy atom. The van der Waals surface area contributed by atoms with Crippen molar-refractivity contribution >= 4 is 47.5 Å². The molecule has 4 nitrogen and oxygen atoms in total. The third-order valence-electron chi connectivity index (χ3n) is 3.37. The first kappa shape index (κ1) is 16.8. The van der Waals surface area contributed by atoms with Crippen LogP contribution >= 0.6 is 11.8 Å². The van der Waals surface area contributed by atoms with Gasteiger partial charge in [-0.1, -0.05) is 30.4 Å². The number of benzene rings is 2. The second-order valence-electron chi connectivity index (χ2n) is 4.98.